The molecule has 0 aliphatic heterocycles. The van der Waals surface area contributed by atoms with Gasteiger partial charge in [-0.3, -0.25) is 9.48 Å². The molecule has 4 aromatic rings. The Bertz CT molecular complexity index is 1110. The number of carbonyl (C=O) groups is 1. The smallest absolute Gasteiger partial charge is 0.242 e. The van der Waals surface area contributed by atoms with Crippen molar-refractivity contribution in [3.05, 3.63) is 72.7 Å². The summed E-state index contributed by atoms with van der Waals surface area (Å²) in [6.07, 6.45) is 5.43. The number of fused-ring (bicyclic) bond motifs is 1. The molecule has 1 amide bonds. The number of hydrogen-bond acceptors (Lipinski definition) is 4. The summed E-state index contributed by atoms with van der Waals surface area (Å²) in [7, 11) is 1.63. The first-order valence-electron chi connectivity index (χ1n) is 9.03. The minimum absolute atomic E-state index is 0.101. The number of para-hydroxylation sites is 1. The van der Waals surface area contributed by atoms with Crippen molar-refractivity contribution < 1.29 is 9.53 Å². The number of aromatic nitrogens is 4. The predicted molar refractivity (Wildman–Crippen MR) is 106 cm³/mol. The zero-order chi connectivity index (χ0) is 19.5. The number of nitrogens with zero attached hydrogens (tertiary/aromatic N) is 4. The molecule has 0 radical (unpaired) electrons. The Hall–Kier alpha value is -3.61. The summed E-state index contributed by atoms with van der Waals surface area (Å²) in [5, 5.41) is 12.7. The second-order valence-corrected chi connectivity index (χ2v) is 6.57. The first-order valence-corrected chi connectivity index (χ1v) is 9.03. The molecule has 0 fully saturated rings. The van der Waals surface area contributed by atoms with Crippen molar-refractivity contribution in [2.24, 2.45) is 0 Å². The Morgan fingerprint density at radius 3 is 2.86 bits per heavy atom. The van der Waals surface area contributed by atoms with Crippen LogP contribution in [0, 0.1) is 0 Å². The molecule has 0 aliphatic carbocycles. The van der Waals surface area contributed by atoms with Crippen molar-refractivity contribution in [3.8, 4) is 11.4 Å². The summed E-state index contributed by atoms with van der Waals surface area (Å²) in [4.78, 5) is 12.5. The number of amides is 1. The molecule has 28 heavy (non-hydrogen) atoms. The van der Waals surface area contributed by atoms with Crippen molar-refractivity contribution in [2.45, 2.75) is 19.5 Å². The summed E-state index contributed by atoms with van der Waals surface area (Å²) in [6.45, 7) is 2.11. The van der Waals surface area contributed by atoms with E-state index in [4.69, 9.17) is 4.74 Å². The lowest BCUT2D eigenvalue weighted by molar-refractivity contribution is -0.122. The van der Waals surface area contributed by atoms with Gasteiger partial charge in [-0.1, -0.05) is 24.3 Å². The van der Waals surface area contributed by atoms with Gasteiger partial charge in [0.25, 0.3) is 0 Å². The van der Waals surface area contributed by atoms with Crippen LogP contribution in [0.3, 0.4) is 0 Å². The van der Waals surface area contributed by atoms with Crippen LogP contribution < -0.4 is 10.1 Å². The van der Waals surface area contributed by atoms with Gasteiger partial charge in [0.1, 0.15) is 12.3 Å². The third-order valence-electron chi connectivity index (χ3n) is 4.64. The van der Waals surface area contributed by atoms with Gasteiger partial charge in [0.2, 0.25) is 5.91 Å². The quantitative estimate of drug-likeness (QED) is 0.562. The maximum atomic E-state index is 12.5. The summed E-state index contributed by atoms with van der Waals surface area (Å²) < 4.78 is 8.73. The molecule has 7 heteroatoms. The molecule has 7 nitrogen and oxygen atoms in total. The lowest BCUT2D eigenvalue weighted by Gasteiger charge is -2.12. The highest BCUT2D eigenvalue weighted by Crippen LogP contribution is 2.19. The molecule has 2 aromatic carbocycles. The lowest BCUT2D eigenvalue weighted by atomic mass is 10.2. The third kappa shape index (κ3) is 3.59. The molecule has 1 atom stereocenters. The molecule has 2 aromatic heterocycles. The Balaban J connectivity index is 1.44. The molecular weight excluding hydrogens is 354 g/mol. The maximum Gasteiger partial charge on any atom is 0.242 e. The number of nitrogens with one attached hydrogen (secondary N) is 1. The molecular formula is C21H21N5O2. The van der Waals surface area contributed by atoms with E-state index in [0.717, 1.165) is 27.9 Å². The van der Waals surface area contributed by atoms with Crippen LogP contribution >= 0.6 is 0 Å². The fourth-order valence-electron chi connectivity index (χ4n) is 3.11. The van der Waals surface area contributed by atoms with Gasteiger partial charge in [0.05, 0.1) is 36.7 Å². The summed E-state index contributed by atoms with van der Waals surface area (Å²) in [6, 6.07) is 15.3. The predicted octanol–water partition coefficient (Wildman–Crippen LogP) is 3.11. The molecule has 142 valence electrons. The van der Waals surface area contributed by atoms with Gasteiger partial charge in [0.15, 0.2) is 0 Å². The van der Waals surface area contributed by atoms with E-state index in [-0.39, 0.29) is 18.5 Å². The van der Waals surface area contributed by atoms with Crippen molar-refractivity contribution in [1.29, 1.82) is 0 Å². The molecule has 2 heterocycles. The second-order valence-electron chi connectivity index (χ2n) is 6.57. The van der Waals surface area contributed by atoms with Crippen molar-refractivity contribution in [3.63, 3.8) is 0 Å². The maximum absolute atomic E-state index is 12.5. The molecule has 0 unspecified atom stereocenters. The first kappa shape index (κ1) is 17.8. The van der Waals surface area contributed by atoms with Crippen molar-refractivity contribution in [2.75, 3.05) is 7.11 Å². The van der Waals surface area contributed by atoms with Crippen LogP contribution in [0.15, 0.2) is 67.1 Å². The number of benzene rings is 2. The number of rotatable bonds is 6. The zero-order valence-corrected chi connectivity index (χ0v) is 15.7. The highest BCUT2D eigenvalue weighted by Gasteiger charge is 2.14. The van der Waals surface area contributed by atoms with Crippen LogP contribution in [0.25, 0.3) is 16.6 Å². The molecule has 0 spiro atoms. The van der Waals surface area contributed by atoms with E-state index >= 15 is 0 Å². The van der Waals surface area contributed by atoms with Crippen molar-refractivity contribution in [1.82, 2.24) is 24.9 Å². The van der Waals surface area contributed by atoms with E-state index in [1.807, 2.05) is 61.7 Å². The van der Waals surface area contributed by atoms with E-state index < -0.39 is 0 Å². The average molecular weight is 375 g/mol. The van der Waals surface area contributed by atoms with Gasteiger partial charge in [0, 0.05) is 23.2 Å². The lowest BCUT2D eigenvalue weighted by Crippen LogP contribution is -2.30. The van der Waals surface area contributed by atoms with Gasteiger partial charge in [-0.25, -0.2) is 4.68 Å². The van der Waals surface area contributed by atoms with Crippen LogP contribution in [0.1, 0.15) is 18.5 Å². The second kappa shape index (κ2) is 7.56. The number of ether oxygens (including phenoxy) is 1. The molecule has 1 N–H and O–H groups in total. The molecule has 0 saturated heterocycles. The Kier molecular flexibility index (Phi) is 4.80. The third-order valence-corrected chi connectivity index (χ3v) is 4.64. The van der Waals surface area contributed by atoms with E-state index in [1.165, 1.54) is 0 Å². The average Bonchev–Trinajstić information content (AvgIpc) is 3.36. The van der Waals surface area contributed by atoms with Crippen LogP contribution in [0.5, 0.6) is 5.75 Å². The van der Waals surface area contributed by atoms with Gasteiger partial charge in [-0.15, -0.1) is 0 Å². The highest BCUT2D eigenvalue weighted by molar-refractivity contribution is 5.82. The minimum atomic E-state index is -0.173. The van der Waals surface area contributed by atoms with E-state index in [0.29, 0.717) is 0 Å². The van der Waals surface area contributed by atoms with Crippen LogP contribution in [-0.4, -0.2) is 32.6 Å². The monoisotopic (exact) mass is 375 g/mol. The topological polar surface area (TPSA) is 74.0 Å². The number of hydrogen-bond donors (Lipinski definition) is 1. The fraction of sp³-hybridized carbons (Fsp3) is 0.190. The Morgan fingerprint density at radius 2 is 2.00 bits per heavy atom. The number of methoxy groups -OCH3 is 1. The van der Waals surface area contributed by atoms with Crippen LogP contribution in [0.4, 0.5) is 0 Å². The SMILES string of the molecule is COc1cccc(-n2cc([C@@H](C)NC(=O)Cn3ncc4ccccc43)cn2)c1. The van der Waals surface area contributed by atoms with Crippen LogP contribution in [-0.2, 0) is 11.3 Å². The summed E-state index contributed by atoms with van der Waals surface area (Å²) in [5.74, 6) is 0.665. The van der Waals surface area contributed by atoms with Gasteiger partial charge in [-0.05, 0) is 25.1 Å². The molecule has 0 aliphatic rings. The van der Waals surface area contributed by atoms with Crippen LogP contribution in [0.2, 0.25) is 0 Å². The molecule has 0 saturated carbocycles. The standard InChI is InChI=1S/C21H21N5O2/c1-15(17-12-22-25(13-17)18-7-5-8-19(10-18)28-2)24-21(27)14-26-20-9-4-3-6-16(20)11-23-26/h3-13,15H,14H2,1-2H3,(H,24,27)/t15-/m1/s1. The fourth-order valence-corrected chi connectivity index (χ4v) is 3.11. The zero-order valence-electron chi connectivity index (χ0n) is 15.7. The summed E-state index contributed by atoms with van der Waals surface area (Å²) in [5.41, 5.74) is 2.75. The van der Waals surface area contributed by atoms with Crippen molar-refractivity contribution >= 4 is 16.8 Å². The molecule has 4 rings (SSSR count). The van der Waals surface area contributed by atoms with Gasteiger partial charge >= 0.3 is 0 Å². The first-order chi connectivity index (χ1) is 13.6. The van der Waals surface area contributed by atoms with E-state index in [9.17, 15) is 4.79 Å². The highest BCUT2D eigenvalue weighted by atomic mass is 16.5. The Labute approximate surface area is 162 Å². The van der Waals surface area contributed by atoms with Gasteiger partial charge in [-0.2, -0.15) is 10.2 Å². The van der Waals surface area contributed by atoms with E-state index in [1.54, 1.807) is 28.9 Å². The Morgan fingerprint density at radius 1 is 1.14 bits per heavy atom. The number of carbonyl (C=O) groups excluding carboxylic acids is 1. The minimum Gasteiger partial charge on any atom is -0.497 e. The summed E-state index contributed by atoms with van der Waals surface area (Å²) >= 11 is 0. The van der Waals surface area contributed by atoms with E-state index in [2.05, 4.69) is 15.5 Å². The normalized spacial score (nSPS) is 12.1. The molecule has 0 bridgehead atoms. The van der Waals surface area contributed by atoms with Gasteiger partial charge < -0.3 is 10.1 Å². The largest absolute Gasteiger partial charge is 0.497 e.